The Morgan fingerprint density at radius 1 is 1.03 bits per heavy atom. The lowest BCUT2D eigenvalue weighted by molar-refractivity contribution is -0.174. The van der Waals surface area contributed by atoms with Crippen LogP contribution in [0.3, 0.4) is 0 Å². The molecule has 8 nitrogen and oxygen atoms in total. The van der Waals surface area contributed by atoms with Crippen LogP contribution in [0.1, 0.15) is 64.9 Å². The molecule has 0 bridgehead atoms. The number of rotatable bonds is 6. The molecule has 2 aliphatic heterocycles. The van der Waals surface area contributed by atoms with Crippen LogP contribution in [0.15, 0.2) is 29.6 Å². The topological polar surface area (TPSA) is 91.8 Å². The standard InChI is InChI=1S/C25H29F3N4O4S/c1-15(2)36-19-5-3-17(4-6-19)22(33)31-10-7-16(8-11-31)21-30-20(14-37-21)23(34)32-12-9-18(13-32)29-24(35)25(26,27)28/h3-6,14-16,18H,7-13H2,1-2H3,(H,29,35). The number of thiazole rings is 1. The predicted molar refractivity (Wildman–Crippen MR) is 131 cm³/mol. The van der Waals surface area contributed by atoms with E-state index >= 15 is 0 Å². The monoisotopic (exact) mass is 538 g/mol. The molecule has 3 heterocycles. The van der Waals surface area contributed by atoms with E-state index in [2.05, 4.69) is 4.98 Å². The van der Waals surface area contributed by atoms with Crippen LogP contribution in [-0.2, 0) is 4.79 Å². The van der Waals surface area contributed by atoms with Gasteiger partial charge < -0.3 is 19.9 Å². The fraction of sp³-hybridized carbons (Fsp3) is 0.520. The number of piperidine rings is 1. The number of halogens is 3. The highest BCUT2D eigenvalue weighted by Gasteiger charge is 2.41. The summed E-state index contributed by atoms with van der Waals surface area (Å²) in [6.45, 7) is 5.29. The first kappa shape index (κ1) is 26.9. The Balaban J connectivity index is 1.28. The van der Waals surface area contributed by atoms with Gasteiger partial charge in [0, 0.05) is 49.1 Å². The Labute approximate surface area is 216 Å². The van der Waals surface area contributed by atoms with Gasteiger partial charge in [-0.05, 0) is 57.4 Å². The van der Waals surface area contributed by atoms with E-state index in [0.29, 0.717) is 18.7 Å². The summed E-state index contributed by atoms with van der Waals surface area (Å²) in [5, 5.41) is 4.41. The Hall–Kier alpha value is -3.15. The fourth-order valence-corrected chi connectivity index (χ4v) is 5.49. The van der Waals surface area contributed by atoms with Crippen molar-refractivity contribution in [2.75, 3.05) is 26.2 Å². The molecular weight excluding hydrogens is 509 g/mol. The summed E-state index contributed by atoms with van der Waals surface area (Å²) < 4.78 is 43.1. The second kappa shape index (κ2) is 11.1. The third-order valence-electron chi connectivity index (χ3n) is 6.41. The van der Waals surface area contributed by atoms with Gasteiger partial charge in [-0.2, -0.15) is 13.2 Å². The highest BCUT2D eigenvalue weighted by atomic mass is 32.1. The number of ether oxygens (including phenoxy) is 1. The highest BCUT2D eigenvalue weighted by Crippen LogP contribution is 2.31. The number of benzene rings is 1. The van der Waals surface area contributed by atoms with E-state index in [4.69, 9.17) is 4.74 Å². The zero-order valence-corrected chi connectivity index (χ0v) is 21.4. The molecule has 2 saturated heterocycles. The molecule has 4 rings (SSSR count). The Kier molecular flexibility index (Phi) is 8.05. The molecule has 1 aromatic carbocycles. The maximum atomic E-state index is 12.9. The predicted octanol–water partition coefficient (Wildman–Crippen LogP) is 3.84. The number of nitrogens with zero attached hydrogens (tertiary/aromatic N) is 3. The van der Waals surface area contributed by atoms with Gasteiger partial charge in [-0.1, -0.05) is 0 Å². The van der Waals surface area contributed by atoms with E-state index in [1.807, 2.05) is 24.1 Å². The van der Waals surface area contributed by atoms with Gasteiger partial charge >= 0.3 is 12.1 Å². The summed E-state index contributed by atoms with van der Waals surface area (Å²) >= 11 is 1.38. The van der Waals surface area contributed by atoms with Crippen LogP contribution in [-0.4, -0.2) is 77.0 Å². The molecule has 1 N–H and O–H groups in total. The summed E-state index contributed by atoms with van der Waals surface area (Å²) in [4.78, 5) is 44.6. The SMILES string of the molecule is CC(C)Oc1ccc(C(=O)N2CCC(c3nc(C(=O)N4CCC(NC(=O)C(F)(F)F)C4)cs3)CC2)cc1. The second-order valence-corrected chi connectivity index (χ2v) is 10.4. The highest BCUT2D eigenvalue weighted by molar-refractivity contribution is 7.09. The smallest absolute Gasteiger partial charge is 0.471 e. The Bertz CT molecular complexity index is 1130. The number of likely N-dealkylation sites (tertiary alicyclic amines) is 2. The minimum Gasteiger partial charge on any atom is -0.491 e. The lowest BCUT2D eigenvalue weighted by Crippen LogP contribution is -2.44. The van der Waals surface area contributed by atoms with Crippen molar-refractivity contribution < 1.29 is 32.3 Å². The van der Waals surface area contributed by atoms with Crippen LogP contribution in [0.2, 0.25) is 0 Å². The van der Waals surface area contributed by atoms with E-state index in [0.717, 1.165) is 23.6 Å². The van der Waals surface area contributed by atoms with Crippen LogP contribution in [0, 0.1) is 0 Å². The lowest BCUT2D eigenvalue weighted by atomic mass is 9.97. The average molecular weight is 539 g/mol. The minimum atomic E-state index is -4.95. The van der Waals surface area contributed by atoms with E-state index in [1.54, 1.807) is 29.6 Å². The quantitative estimate of drug-likeness (QED) is 0.604. The Morgan fingerprint density at radius 3 is 2.30 bits per heavy atom. The summed E-state index contributed by atoms with van der Waals surface area (Å²) in [5.74, 6) is -1.55. The van der Waals surface area contributed by atoms with Crippen molar-refractivity contribution >= 4 is 29.1 Å². The summed E-state index contributed by atoms with van der Waals surface area (Å²) in [5.41, 5.74) is 0.858. The molecule has 0 saturated carbocycles. The Morgan fingerprint density at radius 2 is 1.68 bits per heavy atom. The van der Waals surface area contributed by atoms with Crippen molar-refractivity contribution in [2.45, 2.75) is 57.3 Å². The zero-order valence-electron chi connectivity index (χ0n) is 20.6. The van der Waals surface area contributed by atoms with Crippen molar-refractivity contribution in [1.82, 2.24) is 20.1 Å². The molecule has 2 aromatic rings. The number of carbonyl (C=O) groups excluding carboxylic acids is 3. The van der Waals surface area contributed by atoms with Crippen LogP contribution in [0.25, 0.3) is 0 Å². The van der Waals surface area contributed by atoms with Gasteiger partial charge in [0.05, 0.1) is 11.1 Å². The maximum Gasteiger partial charge on any atom is 0.471 e. The molecule has 2 aliphatic rings. The van der Waals surface area contributed by atoms with E-state index in [1.165, 1.54) is 16.2 Å². The summed E-state index contributed by atoms with van der Waals surface area (Å²) in [7, 11) is 0. The van der Waals surface area contributed by atoms with Crippen molar-refractivity contribution in [1.29, 1.82) is 0 Å². The van der Waals surface area contributed by atoms with Crippen molar-refractivity contribution in [3.05, 3.63) is 45.9 Å². The molecule has 1 atom stereocenters. The number of alkyl halides is 3. The van der Waals surface area contributed by atoms with Gasteiger partial charge in [0.25, 0.3) is 11.8 Å². The largest absolute Gasteiger partial charge is 0.491 e. The normalized spacial score (nSPS) is 18.8. The number of aromatic nitrogens is 1. The number of amides is 3. The maximum absolute atomic E-state index is 12.9. The van der Waals surface area contributed by atoms with Crippen LogP contribution < -0.4 is 10.1 Å². The molecule has 37 heavy (non-hydrogen) atoms. The number of nitrogens with one attached hydrogen (secondary N) is 1. The van der Waals surface area contributed by atoms with E-state index < -0.39 is 18.1 Å². The summed E-state index contributed by atoms with van der Waals surface area (Å²) in [6.07, 6.45) is -3.20. The number of hydrogen-bond acceptors (Lipinski definition) is 6. The van der Waals surface area contributed by atoms with Gasteiger partial charge in [0.1, 0.15) is 11.4 Å². The third kappa shape index (κ3) is 6.60. The van der Waals surface area contributed by atoms with Crippen molar-refractivity contribution in [3.8, 4) is 5.75 Å². The lowest BCUT2D eigenvalue weighted by Gasteiger charge is -2.31. The van der Waals surface area contributed by atoms with Crippen molar-refractivity contribution in [2.24, 2.45) is 0 Å². The van der Waals surface area contributed by atoms with Gasteiger partial charge in [0.2, 0.25) is 0 Å². The molecule has 1 unspecified atom stereocenters. The van der Waals surface area contributed by atoms with E-state index in [-0.39, 0.29) is 49.0 Å². The van der Waals surface area contributed by atoms with Gasteiger partial charge in [-0.25, -0.2) is 4.98 Å². The second-order valence-electron chi connectivity index (χ2n) is 9.54. The van der Waals surface area contributed by atoms with Crippen LogP contribution >= 0.6 is 11.3 Å². The molecule has 12 heteroatoms. The first-order valence-electron chi connectivity index (χ1n) is 12.2. The molecule has 0 spiro atoms. The fourth-order valence-electron chi connectivity index (χ4n) is 4.53. The summed E-state index contributed by atoms with van der Waals surface area (Å²) in [6, 6.07) is 6.38. The first-order chi connectivity index (χ1) is 17.5. The molecular formula is C25H29F3N4O4S. The van der Waals surface area contributed by atoms with Gasteiger partial charge in [-0.15, -0.1) is 11.3 Å². The molecule has 0 aliphatic carbocycles. The third-order valence-corrected chi connectivity index (χ3v) is 7.42. The molecule has 200 valence electrons. The van der Waals surface area contributed by atoms with Crippen LogP contribution in [0.4, 0.5) is 13.2 Å². The minimum absolute atomic E-state index is 0.0125. The van der Waals surface area contributed by atoms with Crippen molar-refractivity contribution in [3.63, 3.8) is 0 Å². The zero-order chi connectivity index (χ0) is 26.7. The van der Waals surface area contributed by atoms with Gasteiger partial charge in [-0.3, -0.25) is 14.4 Å². The molecule has 2 fully saturated rings. The molecule has 1 aromatic heterocycles. The number of hydrogen-bond donors (Lipinski definition) is 1. The first-order valence-corrected chi connectivity index (χ1v) is 13.1. The molecule has 0 radical (unpaired) electrons. The average Bonchev–Trinajstić information content (AvgIpc) is 3.53. The van der Waals surface area contributed by atoms with Crippen LogP contribution in [0.5, 0.6) is 5.75 Å². The van der Waals surface area contributed by atoms with E-state index in [9.17, 15) is 27.6 Å². The number of carbonyl (C=O) groups is 3. The molecule has 3 amide bonds. The van der Waals surface area contributed by atoms with Gasteiger partial charge in [0.15, 0.2) is 0 Å².